The van der Waals surface area contributed by atoms with Crippen molar-refractivity contribution in [3.63, 3.8) is 0 Å². The molecule has 0 radical (unpaired) electrons. The van der Waals surface area contributed by atoms with E-state index in [1.807, 2.05) is 6.92 Å². The molecule has 1 amide bonds. The number of carbonyl (C=O) groups excluding carboxylic acids is 1. The third-order valence-electron chi connectivity index (χ3n) is 4.69. The summed E-state index contributed by atoms with van der Waals surface area (Å²) in [6, 6.07) is 3.32. The number of carbonyl (C=O) groups is 1. The smallest absolute Gasteiger partial charge is 0.252 e. The van der Waals surface area contributed by atoms with Gasteiger partial charge in [-0.05, 0) is 19.9 Å². The van der Waals surface area contributed by atoms with Gasteiger partial charge in [-0.1, -0.05) is 0 Å². The number of pyridine rings is 1. The molecule has 1 aliphatic rings. The van der Waals surface area contributed by atoms with Crippen LogP contribution in [-0.2, 0) is 15.6 Å². The summed E-state index contributed by atoms with van der Waals surface area (Å²) in [6.45, 7) is 3.95. The molecule has 2 aromatic rings. The first-order valence-corrected chi connectivity index (χ1v) is 10.5. The summed E-state index contributed by atoms with van der Waals surface area (Å²) in [5.74, 6) is -3.76. The van der Waals surface area contributed by atoms with E-state index in [9.17, 15) is 23.0 Å². The van der Waals surface area contributed by atoms with Crippen molar-refractivity contribution in [1.82, 2.24) is 9.78 Å². The van der Waals surface area contributed by atoms with E-state index in [0.29, 0.717) is 28.3 Å². The van der Waals surface area contributed by atoms with Gasteiger partial charge in [-0.3, -0.25) is 9.00 Å². The highest BCUT2D eigenvalue weighted by Crippen LogP contribution is 2.48. The number of hydrogen-bond acceptors (Lipinski definition) is 4. The molecule has 1 aliphatic carbocycles. The molecule has 28 heavy (non-hydrogen) atoms. The lowest BCUT2D eigenvalue weighted by Crippen LogP contribution is -2.32. The minimum atomic E-state index is -2.69. The SMILES string of the molecule is CCN(C(=O)CCS(=O)CC1CC1(F)F)c1cn(-c2ccc[n+]([O-])c2)nc1C. The fourth-order valence-corrected chi connectivity index (χ4v) is 4.38. The lowest BCUT2D eigenvalue weighted by atomic mass is 10.3. The maximum absolute atomic E-state index is 12.9. The fourth-order valence-electron chi connectivity index (χ4n) is 3.00. The maximum atomic E-state index is 12.9. The predicted octanol–water partition coefficient (Wildman–Crippen LogP) is 1.96. The van der Waals surface area contributed by atoms with Crippen molar-refractivity contribution in [1.29, 1.82) is 0 Å². The molecule has 2 unspecified atom stereocenters. The van der Waals surface area contributed by atoms with E-state index in [1.54, 1.807) is 25.3 Å². The Balaban J connectivity index is 1.65. The largest absolute Gasteiger partial charge is 0.619 e. The molecule has 2 aromatic heterocycles. The third kappa shape index (κ3) is 4.54. The number of halogens is 2. The van der Waals surface area contributed by atoms with E-state index >= 15 is 0 Å². The molecule has 1 saturated carbocycles. The molecule has 0 aromatic carbocycles. The normalized spacial score (nSPS) is 18.6. The van der Waals surface area contributed by atoms with Crippen molar-refractivity contribution in [2.45, 2.75) is 32.6 Å². The van der Waals surface area contributed by atoms with Gasteiger partial charge < -0.3 is 10.1 Å². The highest BCUT2D eigenvalue weighted by molar-refractivity contribution is 7.85. The van der Waals surface area contributed by atoms with E-state index in [2.05, 4.69) is 5.10 Å². The van der Waals surface area contributed by atoms with E-state index < -0.39 is 22.6 Å². The third-order valence-corrected chi connectivity index (χ3v) is 6.13. The molecule has 1 fully saturated rings. The molecule has 0 spiro atoms. The van der Waals surface area contributed by atoms with Crippen LogP contribution in [0.15, 0.2) is 30.7 Å². The molecule has 2 heterocycles. The van der Waals surface area contributed by atoms with Crippen molar-refractivity contribution in [3.05, 3.63) is 41.6 Å². The summed E-state index contributed by atoms with van der Waals surface area (Å²) < 4.78 is 40.0. The fraction of sp³-hybridized carbons (Fsp3) is 0.500. The molecule has 3 rings (SSSR count). The second kappa shape index (κ2) is 7.94. The Kier molecular flexibility index (Phi) is 5.78. The summed E-state index contributed by atoms with van der Waals surface area (Å²) in [5.41, 5.74) is 1.75. The Morgan fingerprint density at radius 1 is 1.54 bits per heavy atom. The number of aromatic nitrogens is 3. The standard InChI is InChI=1S/C18H22F2N4O3S/c1-3-23(17(25)6-8-28(27)12-14-9-18(14,19)20)16-11-24(21-13(16)2)15-5-4-7-22(26)10-15/h4-5,7,10-11,14H,3,6,8-9,12H2,1-2H3. The molecule has 152 valence electrons. The summed E-state index contributed by atoms with van der Waals surface area (Å²) in [7, 11) is -1.45. The van der Waals surface area contributed by atoms with Crippen LogP contribution in [0, 0.1) is 18.0 Å². The van der Waals surface area contributed by atoms with Gasteiger partial charge >= 0.3 is 0 Å². The molecule has 10 heteroatoms. The highest BCUT2D eigenvalue weighted by Gasteiger charge is 2.57. The first-order chi connectivity index (χ1) is 13.2. The highest BCUT2D eigenvalue weighted by atomic mass is 32.2. The molecular formula is C18H22F2N4O3S. The van der Waals surface area contributed by atoms with Gasteiger partial charge in [-0.25, -0.2) is 13.5 Å². The maximum Gasteiger partial charge on any atom is 0.252 e. The van der Waals surface area contributed by atoms with Gasteiger partial charge in [0.2, 0.25) is 12.1 Å². The van der Waals surface area contributed by atoms with Crippen LogP contribution < -0.4 is 9.63 Å². The van der Waals surface area contributed by atoms with Crippen molar-refractivity contribution in [2.24, 2.45) is 5.92 Å². The zero-order valence-corrected chi connectivity index (χ0v) is 16.5. The van der Waals surface area contributed by atoms with Crippen LogP contribution in [-0.4, -0.2) is 43.9 Å². The van der Waals surface area contributed by atoms with Gasteiger partial charge in [0, 0.05) is 53.7 Å². The van der Waals surface area contributed by atoms with Crippen LogP contribution in [0.25, 0.3) is 5.69 Å². The van der Waals surface area contributed by atoms with Gasteiger partial charge in [0.05, 0.1) is 17.6 Å². The Hall–Kier alpha value is -2.36. The average molecular weight is 412 g/mol. The Bertz CT molecular complexity index is 903. The van der Waals surface area contributed by atoms with Crippen LogP contribution in [0.4, 0.5) is 14.5 Å². The number of alkyl halides is 2. The van der Waals surface area contributed by atoms with Crippen LogP contribution in [0.3, 0.4) is 0 Å². The second-order valence-electron chi connectivity index (χ2n) is 6.83. The molecule has 7 nitrogen and oxygen atoms in total. The molecular weight excluding hydrogens is 390 g/mol. The van der Waals surface area contributed by atoms with Crippen LogP contribution in [0.2, 0.25) is 0 Å². The Morgan fingerprint density at radius 3 is 2.86 bits per heavy atom. The van der Waals surface area contributed by atoms with Gasteiger partial charge in [-0.2, -0.15) is 9.83 Å². The Morgan fingerprint density at radius 2 is 2.25 bits per heavy atom. The zero-order chi connectivity index (χ0) is 20.5. The Labute approximate surface area is 164 Å². The first kappa shape index (κ1) is 20.4. The minimum Gasteiger partial charge on any atom is -0.619 e. The van der Waals surface area contributed by atoms with E-state index in [4.69, 9.17) is 0 Å². The van der Waals surface area contributed by atoms with Crippen LogP contribution in [0.5, 0.6) is 0 Å². The lowest BCUT2D eigenvalue weighted by Gasteiger charge is -2.20. The van der Waals surface area contributed by atoms with Gasteiger partial charge in [-0.15, -0.1) is 0 Å². The molecule has 0 saturated heterocycles. The summed E-state index contributed by atoms with van der Waals surface area (Å²) >= 11 is 0. The van der Waals surface area contributed by atoms with Crippen LogP contribution >= 0.6 is 0 Å². The number of anilines is 1. The average Bonchev–Trinajstić information content (AvgIpc) is 3.05. The van der Waals surface area contributed by atoms with Gasteiger partial charge in [0.25, 0.3) is 5.92 Å². The number of rotatable bonds is 8. The van der Waals surface area contributed by atoms with E-state index in [-0.39, 0.29) is 30.3 Å². The van der Waals surface area contributed by atoms with Crippen LogP contribution in [0.1, 0.15) is 25.5 Å². The quantitative estimate of drug-likeness (QED) is 0.490. The summed E-state index contributed by atoms with van der Waals surface area (Å²) in [5, 5.41) is 15.8. The van der Waals surface area contributed by atoms with Crippen molar-refractivity contribution in [2.75, 3.05) is 23.0 Å². The van der Waals surface area contributed by atoms with E-state index in [1.165, 1.54) is 22.0 Å². The van der Waals surface area contributed by atoms with Crippen molar-refractivity contribution < 1.29 is 22.5 Å². The molecule has 0 N–H and O–H groups in total. The summed E-state index contributed by atoms with van der Waals surface area (Å²) in [6.07, 6.45) is 4.18. The monoisotopic (exact) mass is 412 g/mol. The van der Waals surface area contributed by atoms with E-state index in [0.717, 1.165) is 0 Å². The zero-order valence-electron chi connectivity index (χ0n) is 15.7. The topological polar surface area (TPSA) is 82.1 Å². The first-order valence-electron chi connectivity index (χ1n) is 9.00. The molecule has 0 bridgehead atoms. The number of aryl methyl sites for hydroxylation is 1. The molecule has 0 aliphatic heterocycles. The summed E-state index contributed by atoms with van der Waals surface area (Å²) in [4.78, 5) is 14.1. The number of hydrogen-bond donors (Lipinski definition) is 0. The van der Waals surface area contributed by atoms with Gasteiger partial charge in [0.15, 0.2) is 6.20 Å². The minimum absolute atomic E-state index is 0.00919. The number of nitrogens with zero attached hydrogens (tertiary/aromatic N) is 4. The van der Waals surface area contributed by atoms with Gasteiger partial charge in [0.1, 0.15) is 5.69 Å². The van der Waals surface area contributed by atoms with Crippen molar-refractivity contribution in [3.8, 4) is 5.69 Å². The molecule has 2 atom stereocenters. The second-order valence-corrected chi connectivity index (χ2v) is 8.45. The number of amides is 1. The lowest BCUT2D eigenvalue weighted by molar-refractivity contribution is -0.605. The predicted molar refractivity (Wildman–Crippen MR) is 101 cm³/mol. The van der Waals surface area contributed by atoms with Crippen molar-refractivity contribution >= 4 is 22.4 Å².